The molecule has 1 amide bonds. The van der Waals surface area contributed by atoms with Crippen LogP contribution in [0.1, 0.15) is 40.7 Å². The highest BCUT2D eigenvalue weighted by molar-refractivity contribution is 7.89. The summed E-state index contributed by atoms with van der Waals surface area (Å²) in [6.07, 6.45) is 3.10. The SMILES string of the molecule is Cc1ccc(C)c(S(=O)(=O)N2CCN(C(=O)c3ccc(N4CCCCC4)c([N+](=O)[O-])c3)CC2)c1. The van der Waals surface area contributed by atoms with E-state index in [1.807, 2.05) is 17.9 Å². The average molecular weight is 487 g/mol. The Morgan fingerprint density at radius 3 is 2.24 bits per heavy atom. The molecule has 0 unspecified atom stereocenters. The molecule has 0 spiro atoms. The van der Waals surface area contributed by atoms with Crippen molar-refractivity contribution in [3.63, 3.8) is 0 Å². The van der Waals surface area contributed by atoms with E-state index in [2.05, 4.69) is 0 Å². The summed E-state index contributed by atoms with van der Waals surface area (Å²) in [5.74, 6) is -0.322. The van der Waals surface area contributed by atoms with Crippen LogP contribution in [0.3, 0.4) is 0 Å². The smallest absolute Gasteiger partial charge is 0.293 e. The Bertz CT molecular complexity index is 1200. The van der Waals surface area contributed by atoms with Gasteiger partial charge in [-0.1, -0.05) is 12.1 Å². The molecule has 2 aliphatic rings. The van der Waals surface area contributed by atoms with Crippen LogP contribution in [0, 0.1) is 24.0 Å². The summed E-state index contributed by atoms with van der Waals surface area (Å²) in [4.78, 5) is 28.3. The maximum Gasteiger partial charge on any atom is 0.293 e. The van der Waals surface area contributed by atoms with Crippen molar-refractivity contribution in [2.24, 2.45) is 0 Å². The largest absolute Gasteiger partial charge is 0.366 e. The van der Waals surface area contributed by atoms with E-state index in [0.717, 1.165) is 37.9 Å². The summed E-state index contributed by atoms with van der Waals surface area (Å²) in [6, 6.07) is 10.00. The van der Waals surface area contributed by atoms with Gasteiger partial charge in [0.1, 0.15) is 5.69 Å². The minimum atomic E-state index is -3.66. The van der Waals surface area contributed by atoms with E-state index in [1.54, 1.807) is 36.1 Å². The zero-order chi connectivity index (χ0) is 24.5. The maximum absolute atomic E-state index is 13.2. The molecule has 2 aromatic rings. The second-order valence-electron chi connectivity index (χ2n) is 8.97. The molecule has 10 heteroatoms. The third-order valence-electron chi connectivity index (χ3n) is 6.60. The number of nitro groups is 1. The molecular formula is C24H30N4O5S. The first-order valence-corrected chi connectivity index (χ1v) is 13.0. The fraction of sp³-hybridized carbons (Fsp3) is 0.458. The van der Waals surface area contributed by atoms with Gasteiger partial charge in [-0.2, -0.15) is 4.31 Å². The number of aryl methyl sites for hydroxylation is 2. The second-order valence-corrected chi connectivity index (χ2v) is 10.9. The van der Waals surface area contributed by atoms with Crippen molar-refractivity contribution in [2.75, 3.05) is 44.2 Å². The minimum Gasteiger partial charge on any atom is -0.366 e. The van der Waals surface area contributed by atoms with Crippen LogP contribution in [0.5, 0.6) is 0 Å². The van der Waals surface area contributed by atoms with Gasteiger partial charge in [-0.3, -0.25) is 14.9 Å². The van der Waals surface area contributed by atoms with Crippen LogP contribution in [-0.4, -0.2) is 67.7 Å². The van der Waals surface area contributed by atoms with Crippen molar-refractivity contribution in [1.29, 1.82) is 0 Å². The number of nitro benzene ring substituents is 1. The van der Waals surface area contributed by atoms with E-state index in [-0.39, 0.29) is 48.2 Å². The Kier molecular flexibility index (Phi) is 6.90. The van der Waals surface area contributed by atoms with Crippen molar-refractivity contribution in [3.05, 3.63) is 63.2 Å². The van der Waals surface area contributed by atoms with Gasteiger partial charge in [0, 0.05) is 50.9 Å². The van der Waals surface area contributed by atoms with Crippen molar-refractivity contribution in [2.45, 2.75) is 38.0 Å². The molecule has 0 N–H and O–H groups in total. The molecule has 182 valence electrons. The monoisotopic (exact) mass is 486 g/mol. The zero-order valence-corrected chi connectivity index (χ0v) is 20.4. The molecule has 2 fully saturated rings. The van der Waals surface area contributed by atoms with Gasteiger partial charge in [-0.05, 0) is 62.4 Å². The third kappa shape index (κ3) is 4.78. The molecule has 0 bridgehead atoms. The number of rotatable bonds is 5. The van der Waals surface area contributed by atoms with Crippen LogP contribution in [0.25, 0.3) is 0 Å². The molecule has 0 aromatic heterocycles. The molecule has 0 aliphatic carbocycles. The summed E-state index contributed by atoms with van der Waals surface area (Å²) >= 11 is 0. The number of hydrogen-bond donors (Lipinski definition) is 0. The first kappa shape index (κ1) is 24.2. The lowest BCUT2D eigenvalue weighted by Crippen LogP contribution is -2.50. The van der Waals surface area contributed by atoms with Crippen LogP contribution in [0.4, 0.5) is 11.4 Å². The number of anilines is 1. The molecule has 0 radical (unpaired) electrons. The van der Waals surface area contributed by atoms with Gasteiger partial charge in [0.15, 0.2) is 0 Å². The van der Waals surface area contributed by atoms with Gasteiger partial charge in [0.25, 0.3) is 11.6 Å². The van der Waals surface area contributed by atoms with Crippen molar-refractivity contribution in [3.8, 4) is 0 Å². The van der Waals surface area contributed by atoms with Gasteiger partial charge < -0.3 is 9.80 Å². The molecule has 9 nitrogen and oxygen atoms in total. The fourth-order valence-corrected chi connectivity index (χ4v) is 6.38. The van der Waals surface area contributed by atoms with Crippen LogP contribution < -0.4 is 4.90 Å². The van der Waals surface area contributed by atoms with Crippen LogP contribution >= 0.6 is 0 Å². The normalized spacial score (nSPS) is 17.6. The molecule has 0 saturated carbocycles. The van der Waals surface area contributed by atoms with Crippen LogP contribution in [-0.2, 0) is 10.0 Å². The summed E-state index contributed by atoms with van der Waals surface area (Å²) in [5.41, 5.74) is 2.28. The second kappa shape index (κ2) is 9.71. The zero-order valence-electron chi connectivity index (χ0n) is 19.6. The lowest BCUT2D eigenvalue weighted by atomic mass is 10.1. The highest BCUT2D eigenvalue weighted by atomic mass is 32.2. The number of hydrogen-bond acceptors (Lipinski definition) is 6. The van der Waals surface area contributed by atoms with Crippen molar-refractivity contribution >= 4 is 27.3 Å². The maximum atomic E-state index is 13.2. The van der Waals surface area contributed by atoms with E-state index in [4.69, 9.17) is 0 Å². The molecule has 4 rings (SSSR count). The van der Waals surface area contributed by atoms with E-state index >= 15 is 0 Å². The van der Waals surface area contributed by atoms with E-state index in [1.165, 1.54) is 10.4 Å². The van der Waals surface area contributed by atoms with Crippen molar-refractivity contribution < 1.29 is 18.1 Å². The molecule has 0 atom stereocenters. The number of carbonyl (C=O) groups excluding carboxylic acids is 1. The van der Waals surface area contributed by atoms with Crippen LogP contribution in [0.2, 0.25) is 0 Å². The third-order valence-corrected chi connectivity index (χ3v) is 8.64. The predicted molar refractivity (Wildman–Crippen MR) is 130 cm³/mol. The van der Waals surface area contributed by atoms with E-state index in [9.17, 15) is 23.3 Å². The number of carbonyl (C=O) groups is 1. The number of piperidine rings is 1. The van der Waals surface area contributed by atoms with E-state index < -0.39 is 14.9 Å². The van der Waals surface area contributed by atoms with Crippen molar-refractivity contribution in [1.82, 2.24) is 9.21 Å². The first-order valence-electron chi connectivity index (χ1n) is 11.6. The summed E-state index contributed by atoms with van der Waals surface area (Å²) < 4.78 is 27.7. The number of benzene rings is 2. The number of piperazine rings is 1. The summed E-state index contributed by atoms with van der Waals surface area (Å²) in [6.45, 7) is 5.97. The Hall–Kier alpha value is -2.98. The first-order chi connectivity index (χ1) is 16.2. The summed E-state index contributed by atoms with van der Waals surface area (Å²) in [7, 11) is -3.66. The molecule has 2 heterocycles. The van der Waals surface area contributed by atoms with Gasteiger partial charge in [0.2, 0.25) is 10.0 Å². The Balaban J connectivity index is 1.48. The summed E-state index contributed by atoms with van der Waals surface area (Å²) in [5, 5.41) is 11.7. The molecule has 34 heavy (non-hydrogen) atoms. The van der Waals surface area contributed by atoms with Gasteiger partial charge >= 0.3 is 0 Å². The van der Waals surface area contributed by atoms with Gasteiger partial charge in [-0.15, -0.1) is 0 Å². The minimum absolute atomic E-state index is 0.0658. The quantitative estimate of drug-likeness (QED) is 0.474. The Morgan fingerprint density at radius 1 is 0.912 bits per heavy atom. The molecule has 2 saturated heterocycles. The van der Waals surface area contributed by atoms with Gasteiger partial charge in [-0.25, -0.2) is 8.42 Å². The number of nitrogens with zero attached hydrogens (tertiary/aromatic N) is 4. The highest BCUT2D eigenvalue weighted by Crippen LogP contribution is 2.32. The molecular weight excluding hydrogens is 456 g/mol. The Morgan fingerprint density at radius 2 is 1.59 bits per heavy atom. The molecule has 2 aliphatic heterocycles. The molecule has 2 aromatic carbocycles. The number of sulfonamides is 1. The Labute approximate surface area is 200 Å². The lowest BCUT2D eigenvalue weighted by molar-refractivity contribution is -0.384. The number of amides is 1. The average Bonchev–Trinajstić information content (AvgIpc) is 2.85. The standard InChI is InChI=1S/C24H30N4O5S/c1-18-6-7-19(2)23(16-18)34(32,33)27-14-12-26(13-15-27)24(29)20-8-9-21(22(17-20)28(30)31)25-10-4-3-5-11-25/h6-9,16-17H,3-5,10-15H2,1-2H3. The fourth-order valence-electron chi connectivity index (χ4n) is 4.64. The topological polar surface area (TPSA) is 104 Å². The highest BCUT2D eigenvalue weighted by Gasteiger charge is 2.32. The lowest BCUT2D eigenvalue weighted by Gasteiger charge is -2.34. The van der Waals surface area contributed by atoms with E-state index in [0.29, 0.717) is 11.3 Å². The van der Waals surface area contributed by atoms with Gasteiger partial charge in [0.05, 0.1) is 9.82 Å². The van der Waals surface area contributed by atoms with Crippen LogP contribution in [0.15, 0.2) is 41.3 Å². The predicted octanol–water partition coefficient (Wildman–Crippen LogP) is 3.35.